The fraction of sp³-hybridized carbons (Fsp3) is 0.538. The first-order valence-corrected chi connectivity index (χ1v) is 6.64. The lowest BCUT2D eigenvalue weighted by atomic mass is 10.3. The minimum absolute atomic E-state index is 0.0104. The van der Waals surface area contributed by atoms with Crippen LogP contribution in [0.15, 0.2) is 12.4 Å². The number of carbonyl (C=O) groups is 2. The summed E-state index contributed by atoms with van der Waals surface area (Å²) in [5.74, 6) is 0.295. The molecule has 1 aliphatic rings. The number of hydrogen-bond donors (Lipinski definition) is 1. The molecule has 8 nitrogen and oxygen atoms in total. The minimum Gasteiger partial charge on any atom is -0.477 e. The van der Waals surface area contributed by atoms with E-state index in [4.69, 9.17) is 9.47 Å². The van der Waals surface area contributed by atoms with E-state index in [0.29, 0.717) is 31.3 Å². The number of methoxy groups -OCH3 is 1. The van der Waals surface area contributed by atoms with Gasteiger partial charge in [0, 0.05) is 32.3 Å². The van der Waals surface area contributed by atoms with Gasteiger partial charge >= 0.3 is 0 Å². The summed E-state index contributed by atoms with van der Waals surface area (Å²) in [7, 11) is 1.49. The van der Waals surface area contributed by atoms with Crippen LogP contribution >= 0.6 is 0 Å². The molecule has 1 saturated heterocycles. The molecule has 0 aliphatic carbocycles. The van der Waals surface area contributed by atoms with Crippen molar-refractivity contribution in [2.45, 2.75) is 19.4 Å². The number of hydrogen-bond acceptors (Lipinski definition) is 6. The zero-order valence-electron chi connectivity index (χ0n) is 12.0. The minimum atomic E-state index is -0.223. The Hall–Kier alpha value is -2.38. The van der Waals surface area contributed by atoms with Crippen molar-refractivity contribution in [3.05, 3.63) is 12.4 Å². The lowest BCUT2D eigenvalue weighted by Crippen LogP contribution is -2.39. The molecule has 0 unspecified atom stereocenters. The third-order valence-corrected chi connectivity index (χ3v) is 3.09. The van der Waals surface area contributed by atoms with Crippen molar-refractivity contribution < 1.29 is 19.1 Å². The van der Waals surface area contributed by atoms with Crippen molar-refractivity contribution in [3.8, 4) is 11.8 Å². The van der Waals surface area contributed by atoms with Gasteiger partial charge in [-0.3, -0.25) is 9.59 Å². The highest BCUT2D eigenvalue weighted by Crippen LogP contribution is 2.23. The molecule has 2 amide bonds. The van der Waals surface area contributed by atoms with Crippen molar-refractivity contribution >= 4 is 11.8 Å². The van der Waals surface area contributed by atoms with E-state index in [-0.39, 0.29) is 24.5 Å². The van der Waals surface area contributed by atoms with Crippen LogP contribution < -0.4 is 14.8 Å². The van der Waals surface area contributed by atoms with E-state index in [9.17, 15) is 9.59 Å². The SMILES string of the molecule is COc1nccnc1O[C@H]1CCN(C(=O)CNC(C)=O)C1. The molecule has 114 valence electrons. The van der Waals surface area contributed by atoms with Gasteiger partial charge in [0.25, 0.3) is 11.8 Å². The van der Waals surface area contributed by atoms with Gasteiger partial charge in [0.05, 0.1) is 20.2 Å². The number of rotatable bonds is 5. The van der Waals surface area contributed by atoms with Crippen LogP contribution in [0, 0.1) is 0 Å². The van der Waals surface area contributed by atoms with E-state index in [0.717, 1.165) is 0 Å². The molecule has 0 bridgehead atoms. The average Bonchev–Trinajstić information content (AvgIpc) is 2.94. The van der Waals surface area contributed by atoms with Crippen LogP contribution in [0.2, 0.25) is 0 Å². The van der Waals surface area contributed by atoms with Gasteiger partial charge in [-0.2, -0.15) is 0 Å². The first-order chi connectivity index (χ1) is 10.1. The Balaban J connectivity index is 1.87. The van der Waals surface area contributed by atoms with Crippen LogP contribution in [-0.2, 0) is 9.59 Å². The van der Waals surface area contributed by atoms with Crippen LogP contribution in [0.4, 0.5) is 0 Å². The van der Waals surface area contributed by atoms with Crippen molar-refractivity contribution in [1.29, 1.82) is 0 Å². The molecule has 8 heteroatoms. The molecule has 0 radical (unpaired) electrons. The Bertz CT molecular complexity index is 523. The maximum Gasteiger partial charge on any atom is 0.278 e. The molecule has 0 aromatic carbocycles. The lowest BCUT2D eigenvalue weighted by molar-refractivity contribution is -0.131. The smallest absolute Gasteiger partial charge is 0.278 e. The van der Waals surface area contributed by atoms with Crippen LogP contribution in [0.1, 0.15) is 13.3 Å². The summed E-state index contributed by atoms with van der Waals surface area (Å²) >= 11 is 0. The van der Waals surface area contributed by atoms with Gasteiger partial charge in [-0.1, -0.05) is 0 Å². The molecule has 1 aromatic heterocycles. The highest BCUT2D eigenvalue weighted by atomic mass is 16.5. The second-order valence-corrected chi connectivity index (χ2v) is 4.65. The van der Waals surface area contributed by atoms with E-state index >= 15 is 0 Å². The van der Waals surface area contributed by atoms with E-state index in [1.807, 2.05) is 0 Å². The number of carbonyl (C=O) groups excluding carboxylic acids is 2. The zero-order chi connectivity index (χ0) is 15.2. The second kappa shape index (κ2) is 6.87. The van der Waals surface area contributed by atoms with Gasteiger partial charge in [0.2, 0.25) is 11.8 Å². The van der Waals surface area contributed by atoms with Crippen molar-refractivity contribution in [1.82, 2.24) is 20.2 Å². The first kappa shape index (κ1) is 15.0. The normalized spacial score (nSPS) is 17.4. The van der Waals surface area contributed by atoms with Crippen molar-refractivity contribution in [3.63, 3.8) is 0 Å². The molecular weight excluding hydrogens is 276 g/mol. The summed E-state index contributed by atoms with van der Waals surface area (Å²) in [6.07, 6.45) is 3.58. The van der Waals surface area contributed by atoms with Gasteiger partial charge in [0.1, 0.15) is 6.10 Å². The number of nitrogens with one attached hydrogen (secondary N) is 1. The molecule has 1 aromatic rings. The molecule has 2 rings (SSSR count). The fourth-order valence-corrected chi connectivity index (χ4v) is 2.05. The van der Waals surface area contributed by atoms with E-state index in [1.165, 1.54) is 26.4 Å². The van der Waals surface area contributed by atoms with Crippen molar-refractivity contribution in [2.24, 2.45) is 0 Å². The Morgan fingerprint density at radius 1 is 1.38 bits per heavy atom. The molecular formula is C13H18N4O4. The summed E-state index contributed by atoms with van der Waals surface area (Å²) in [5.41, 5.74) is 0. The highest BCUT2D eigenvalue weighted by Gasteiger charge is 2.28. The van der Waals surface area contributed by atoms with Gasteiger partial charge in [-0.25, -0.2) is 9.97 Å². The molecule has 0 saturated carbocycles. The quantitative estimate of drug-likeness (QED) is 0.794. The third-order valence-electron chi connectivity index (χ3n) is 3.09. The zero-order valence-corrected chi connectivity index (χ0v) is 12.0. The number of amides is 2. The van der Waals surface area contributed by atoms with Gasteiger partial charge < -0.3 is 19.7 Å². The Morgan fingerprint density at radius 2 is 2.10 bits per heavy atom. The van der Waals surface area contributed by atoms with Crippen molar-refractivity contribution in [2.75, 3.05) is 26.7 Å². The standard InChI is InChI=1S/C13H18N4O4/c1-9(18)16-7-11(19)17-6-3-10(8-17)21-13-12(20-2)14-4-5-15-13/h4-5,10H,3,6-8H2,1-2H3,(H,16,18)/t10-/m0/s1. The molecule has 1 N–H and O–H groups in total. The summed E-state index contributed by atoms with van der Waals surface area (Å²) in [5, 5.41) is 2.49. The third kappa shape index (κ3) is 4.04. The summed E-state index contributed by atoms with van der Waals surface area (Å²) in [6.45, 7) is 2.43. The maximum absolute atomic E-state index is 11.9. The molecule has 21 heavy (non-hydrogen) atoms. The second-order valence-electron chi connectivity index (χ2n) is 4.65. The topological polar surface area (TPSA) is 93.7 Å². The first-order valence-electron chi connectivity index (χ1n) is 6.64. The van der Waals surface area contributed by atoms with Crippen LogP contribution in [0.5, 0.6) is 11.8 Å². The largest absolute Gasteiger partial charge is 0.477 e. The number of likely N-dealkylation sites (tertiary alicyclic amines) is 1. The molecule has 2 heterocycles. The number of nitrogens with zero attached hydrogens (tertiary/aromatic N) is 3. The predicted molar refractivity (Wildman–Crippen MR) is 72.9 cm³/mol. The predicted octanol–water partition coefficient (Wildman–Crippen LogP) is -0.399. The van der Waals surface area contributed by atoms with E-state index in [1.54, 1.807) is 4.90 Å². The molecule has 1 aliphatic heterocycles. The monoisotopic (exact) mass is 294 g/mol. The number of ether oxygens (including phenoxy) is 2. The maximum atomic E-state index is 11.9. The summed E-state index contributed by atoms with van der Waals surface area (Å²) in [4.78, 5) is 32.4. The van der Waals surface area contributed by atoms with E-state index < -0.39 is 0 Å². The average molecular weight is 294 g/mol. The van der Waals surface area contributed by atoms with Crippen LogP contribution in [-0.4, -0.2) is 59.5 Å². The Morgan fingerprint density at radius 3 is 2.76 bits per heavy atom. The molecule has 1 fully saturated rings. The summed E-state index contributed by atoms with van der Waals surface area (Å²) in [6, 6.07) is 0. The van der Waals surface area contributed by atoms with Crippen LogP contribution in [0.3, 0.4) is 0 Å². The number of aromatic nitrogens is 2. The Labute approximate surface area is 122 Å². The lowest BCUT2D eigenvalue weighted by Gasteiger charge is -2.17. The van der Waals surface area contributed by atoms with Gasteiger partial charge in [-0.05, 0) is 0 Å². The van der Waals surface area contributed by atoms with Crippen LogP contribution in [0.25, 0.3) is 0 Å². The van der Waals surface area contributed by atoms with Gasteiger partial charge in [0.15, 0.2) is 0 Å². The van der Waals surface area contributed by atoms with E-state index in [2.05, 4.69) is 15.3 Å². The molecule has 1 atom stereocenters. The highest BCUT2D eigenvalue weighted by molar-refractivity contribution is 5.83. The summed E-state index contributed by atoms with van der Waals surface area (Å²) < 4.78 is 10.8. The fourth-order valence-electron chi connectivity index (χ4n) is 2.05. The van der Waals surface area contributed by atoms with Gasteiger partial charge in [-0.15, -0.1) is 0 Å². The Kier molecular flexibility index (Phi) is 4.91. The molecule has 0 spiro atoms.